The number of benzene rings is 2. The van der Waals surface area contributed by atoms with E-state index < -0.39 is 24.6 Å². The Hall–Kier alpha value is -5.71. The van der Waals surface area contributed by atoms with Crippen LogP contribution in [0.5, 0.6) is 0 Å². The molecule has 4 rings (SSSR count). The highest BCUT2D eigenvalue weighted by Crippen LogP contribution is 2.36. The number of halogens is 3. The fourth-order valence-corrected chi connectivity index (χ4v) is 6.48. The zero-order valence-electron chi connectivity index (χ0n) is 31.1. The number of nitrogens with zero attached hydrogens (tertiary/aromatic N) is 4. The first-order valence-electron chi connectivity index (χ1n) is 16.8. The maximum absolute atomic E-state index is 14.9. The summed E-state index contributed by atoms with van der Waals surface area (Å²) in [5, 5.41) is 2.58. The lowest BCUT2D eigenvalue weighted by Crippen LogP contribution is -2.42. The topological polar surface area (TPSA) is 112 Å². The van der Waals surface area contributed by atoms with Gasteiger partial charge in [0, 0.05) is 46.2 Å². The van der Waals surface area contributed by atoms with Gasteiger partial charge in [-0.05, 0) is 74.8 Å². The van der Waals surface area contributed by atoms with E-state index >= 15 is 0 Å². The Labute approximate surface area is 320 Å². The summed E-state index contributed by atoms with van der Waals surface area (Å²) in [6.07, 6.45) is 16.0. The van der Waals surface area contributed by atoms with Crippen molar-refractivity contribution in [3.63, 3.8) is 0 Å². The number of alkyl halides is 2. The molecule has 2 aromatic heterocycles. The molecule has 0 aliphatic carbocycles. The summed E-state index contributed by atoms with van der Waals surface area (Å²) in [4.78, 5) is 48.3. The average molecular weight is 761 g/mol. The van der Waals surface area contributed by atoms with Crippen LogP contribution < -0.4 is 16.0 Å². The van der Waals surface area contributed by atoms with Crippen molar-refractivity contribution in [3.8, 4) is 23.3 Å². The number of pyridine rings is 1. The van der Waals surface area contributed by atoms with Gasteiger partial charge in [-0.25, -0.2) is 23.9 Å². The zero-order valence-corrected chi connectivity index (χ0v) is 32.0. The first-order valence-corrected chi connectivity index (χ1v) is 17.6. The Morgan fingerprint density at radius 1 is 1.02 bits per heavy atom. The van der Waals surface area contributed by atoms with Gasteiger partial charge in [0.05, 0.1) is 26.9 Å². The molecular weight excluding hydrogens is 714 g/mol. The van der Waals surface area contributed by atoms with E-state index in [2.05, 4.69) is 48.0 Å². The predicted molar refractivity (Wildman–Crippen MR) is 213 cm³/mol. The van der Waals surface area contributed by atoms with Crippen molar-refractivity contribution in [2.24, 2.45) is 5.73 Å². The maximum Gasteiger partial charge on any atom is 0.333 e. The SMILES string of the molecule is C#C.C/C=C\C=C(/C)[C@@H](C)N(C)Cc1cc(CN(Cc2ccccc2F)C(=O)N(C=O)c2ccc(CCF)cn2)sc1-c1ccc(NC(N)=O)cc1.CF. The molecule has 9 nitrogen and oxygen atoms in total. The van der Waals surface area contributed by atoms with E-state index in [-0.39, 0.29) is 36.9 Å². The van der Waals surface area contributed by atoms with Gasteiger partial charge in [0.1, 0.15) is 11.6 Å². The van der Waals surface area contributed by atoms with Gasteiger partial charge in [0.2, 0.25) is 6.41 Å². The van der Waals surface area contributed by atoms with Crippen molar-refractivity contribution in [3.05, 3.63) is 124 Å². The normalized spacial score (nSPS) is 11.5. The standard InChI is InChI=1S/C38H42F2N6O3S.C2H2.CH3F/c1-5-6-9-26(2)27(3)44(4)22-31-20-33(50-36(31)29-13-15-32(16-14-29)43-37(41)48)24-45(23-30-10-7-8-11-34(30)40)38(49)46(25-47)35-17-12-28(18-19-39)21-42-35;2*1-2/h5-17,20-21,25,27H,18-19,22-24H2,1-4H3,(H3,41,43,48);1-2H;1H3/b6-5-,26-9+;;/t27-;;/m1../s1. The maximum atomic E-state index is 14.9. The monoisotopic (exact) mass is 760 g/mol. The second kappa shape index (κ2) is 23.1. The number of carbonyl (C=O) groups excluding carboxylic acids is 3. The highest BCUT2D eigenvalue weighted by molar-refractivity contribution is 7.15. The molecule has 3 N–H and O–H groups in total. The van der Waals surface area contributed by atoms with Gasteiger partial charge in [-0.1, -0.05) is 60.2 Å². The average Bonchev–Trinajstić information content (AvgIpc) is 3.58. The molecule has 0 aliphatic rings. The third-order valence-corrected chi connectivity index (χ3v) is 9.46. The van der Waals surface area contributed by atoms with Gasteiger partial charge in [0.15, 0.2) is 0 Å². The number of aromatic nitrogens is 1. The highest BCUT2D eigenvalue weighted by Gasteiger charge is 2.26. The lowest BCUT2D eigenvalue weighted by atomic mass is 10.1. The van der Waals surface area contributed by atoms with Gasteiger partial charge in [-0.15, -0.1) is 24.2 Å². The molecule has 5 amide bonds. The van der Waals surface area contributed by atoms with E-state index in [1.165, 1.54) is 40.1 Å². The number of allylic oxidation sites excluding steroid dienone is 3. The summed E-state index contributed by atoms with van der Waals surface area (Å²) in [5.41, 5.74) is 9.85. The van der Waals surface area contributed by atoms with Crippen molar-refractivity contribution in [1.82, 2.24) is 14.8 Å². The van der Waals surface area contributed by atoms with E-state index in [1.54, 1.807) is 36.4 Å². The van der Waals surface area contributed by atoms with E-state index in [9.17, 15) is 27.6 Å². The van der Waals surface area contributed by atoms with E-state index in [4.69, 9.17) is 5.73 Å². The molecule has 13 heteroatoms. The number of hydrogen-bond donors (Lipinski definition) is 2. The summed E-state index contributed by atoms with van der Waals surface area (Å²) in [7, 11) is 2.54. The Bertz CT molecular complexity index is 1880. The molecule has 0 saturated carbocycles. The first-order chi connectivity index (χ1) is 26.0. The number of amides is 5. The molecule has 286 valence electrons. The number of thiophene rings is 1. The Balaban J connectivity index is 0.00000244. The van der Waals surface area contributed by atoms with Crippen LogP contribution in [0.4, 0.5) is 34.3 Å². The number of imide groups is 1. The van der Waals surface area contributed by atoms with Crippen molar-refractivity contribution < 1.29 is 27.6 Å². The highest BCUT2D eigenvalue weighted by atomic mass is 32.1. The molecule has 0 aliphatic heterocycles. The minimum atomic E-state index is -0.692. The number of nitrogens with two attached hydrogens (primary N) is 1. The summed E-state index contributed by atoms with van der Waals surface area (Å²) < 4.78 is 37.3. The van der Waals surface area contributed by atoms with Crippen LogP contribution in [0.2, 0.25) is 0 Å². The van der Waals surface area contributed by atoms with Crippen LogP contribution in [0.25, 0.3) is 10.4 Å². The second-order valence-corrected chi connectivity index (χ2v) is 13.0. The fraction of sp³-hybridized carbons (Fsp3) is 0.268. The van der Waals surface area contributed by atoms with Crippen LogP contribution in [0.15, 0.2) is 96.7 Å². The number of urea groups is 2. The quantitative estimate of drug-likeness (QED) is 0.0715. The minimum Gasteiger partial charge on any atom is -0.351 e. The zero-order chi connectivity index (χ0) is 40.2. The molecule has 1 atom stereocenters. The van der Waals surface area contributed by atoms with E-state index in [0.717, 1.165) is 25.8 Å². The third-order valence-electron chi connectivity index (χ3n) is 8.25. The lowest BCUT2D eigenvalue weighted by molar-refractivity contribution is -0.107. The molecule has 0 radical (unpaired) electrons. The molecule has 2 aromatic carbocycles. The third kappa shape index (κ3) is 12.8. The van der Waals surface area contributed by atoms with Crippen LogP contribution >= 0.6 is 11.3 Å². The van der Waals surface area contributed by atoms with E-state index in [0.29, 0.717) is 31.4 Å². The predicted octanol–water partition coefficient (Wildman–Crippen LogP) is 8.91. The number of likely N-dealkylation sites (N-methyl/N-ethyl adjacent to an activating group) is 1. The molecule has 4 aromatic rings. The molecule has 0 saturated heterocycles. The molecule has 0 fully saturated rings. The van der Waals surface area contributed by atoms with Gasteiger partial charge in [-0.2, -0.15) is 0 Å². The van der Waals surface area contributed by atoms with Crippen molar-refractivity contribution in [2.45, 2.75) is 52.9 Å². The molecule has 0 bridgehead atoms. The van der Waals surface area contributed by atoms with Crippen LogP contribution in [-0.2, 0) is 30.8 Å². The van der Waals surface area contributed by atoms with Gasteiger partial charge in [0.25, 0.3) is 0 Å². The largest absolute Gasteiger partial charge is 0.351 e. The summed E-state index contributed by atoms with van der Waals surface area (Å²) in [5.74, 6) is -0.411. The van der Waals surface area contributed by atoms with Crippen LogP contribution in [0, 0.1) is 18.7 Å². The number of nitrogens with one attached hydrogen (secondary N) is 1. The Kier molecular flexibility index (Phi) is 19.0. The minimum absolute atomic E-state index is 0.0654. The first kappa shape index (κ1) is 44.5. The summed E-state index contributed by atoms with van der Waals surface area (Å²) in [6.45, 7) is 6.15. The Morgan fingerprint density at radius 2 is 1.70 bits per heavy atom. The number of anilines is 2. The number of rotatable bonds is 15. The molecule has 54 heavy (non-hydrogen) atoms. The number of aryl methyl sites for hydroxylation is 1. The molecule has 0 spiro atoms. The van der Waals surface area contributed by atoms with Crippen molar-refractivity contribution >= 4 is 41.3 Å². The molecular formula is C41H47F3N6O3S. The lowest BCUT2D eigenvalue weighted by Gasteiger charge is -2.27. The number of carbonyl (C=O) groups is 3. The number of hydrogen-bond acceptors (Lipinski definition) is 6. The second-order valence-electron chi connectivity index (χ2n) is 11.8. The number of terminal acetylenes is 1. The number of primary amides is 1. The summed E-state index contributed by atoms with van der Waals surface area (Å²) >= 11 is 1.48. The fourth-order valence-electron chi connectivity index (χ4n) is 5.29. The van der Waals surface area contributed by atoms with Gasteiger partial charge < -0.3 is 16.0 Å². The Morgan fingerprint density at radius 3 is 2.28 bits per heavy atom. The van der Waals surface area contributed by atoms with Gasteiger partial charge in [-0.3, -0.25) is 18.5 Å². The summed E-state index contributed by atoms with van der Waals surface area (Å²) in [6, 6.07) is 17.4. The van der Waals surface area contributed by atoms with Crippen molar-refractivity contribution in [2.75, 3.05) is 31.1 Å². The smallest absolute Gasteiger partial charge is 0.333 e. The van der Waals surface area contributed by atoms with Crippen molar-refractivity contribution in [1.29, 1.82) is 0 Å². The van der Waals surface area contributed by atoms with Crippen LogP contribution in [-0.4, -0.2) is 60.2 Å². The van der Waals surface area contributed by atoms with Gasteiger partial charge >= 0.3 is 12.1 Å². The van der Waals surface area contributed by atoms with Crippen LogP contribution in [0.1, 0.15) is 42.3 Å². The molecule has 2 heterocycles. The van der Waals surface area contributed by atoms with E-state index in [1.807, 2.05) is 44.3 Å². The molecule has 0 unspecified atom stereocenters. The van der Waals surface area contributed by atoms with Crippen LogP contribution in [0.3, 0.4) is 0 Å².